The van der Waals surface area contributed by atoms with Crippen LogP contribution in [0.4, 0.5) is 5.95 Å². The molecule has 0 bridgehead atoms. The van der Waals surface area contributed by atoms with Crippen LogP contribution in [0.5, 0.6) is 5.88 Å². The number of nitrogens with zero attached hydrogens (tertiary/aromatic N) is 3. The molecule has 20 heavy (non-hydrogen) atoms. The highest BCUT2D eigenvalue weighted by atomic mass is 16.5. The van der Waals surface area contributed by atoms with Crippen molar-refractivity contribution in [1.82, 2.24) is 14.9 Å². The van der Waals surface area contributed by atoms with Crippen molar-refractivity contribution in [3.63, 3.8) is 0 Å². The van der Waals surface area contributed by atoms with Crippen LogP contribution in [0.1, 0.15) is 19.8 Å². The fraction of sp³-hybridized carbons (Fsp3) is 0.714. The Morgan fingerprint density at radius 1 is 1.55 bits per heavy atom. The summed E-state index contributed by atoms with van der Waals surface area (Å²) < 4.78 is 11.3. The van der Waals surface area contributed by atoms with Gasteiger partial charge in [-0.25, -0.2) is 4.98 Å². The first-order chi connectivity index (χ1) is 9.85. The van der Waals surface area contributed by atoms with Crippen LogP contribution >= 0.6 is 0 Å². The van der Waals surface area contributed by atoms with Crippen molar-refractivity contribution in [3.8, 4) is 5.88 Å². The molecule has 2 fully saturated rings. The van der Waals surface area contributed by atoms with Crippen LogP contribution in [0, 0.1) is 0 Å². The van der Waals surface area contributed by atoms with Crippen LogP contribution in [0.3, 0.4) is 0 Å². The molecule has 0 saturated carbocycles. The summed E-state index contributed by atoms with van der Waals surface area (Å²) in [6, 6.07) is 2.41. The van der Waals surface area contributed by atoms with E-state index in [2.05, 4.69) is 20.2 Å². The first-order valence-electron chi connectivity index (χ1n) is 7.40. The number of nitrogens with one attached hydrogen (secondary N) is 1. The Morgan fingerprint density at radius 3 is 3.40 bits per heavy atom. The van der Waals surface area contributed by atoms with E-state index in [4.69, 9.17) is 9.47 Å². The van der Waals surface area contributed by atoms with E-state index in [0.717, 1.165) is 19.7 Å². The molecule has 6 heteroatoms. The van der Waals surface area contributed by atoms with Gasteiger partial charge in [0.2, 0.25) is 11.8 Å². The van der Waals surface area contributed by atoms with Crippen LogP contribution in [-0.4, -0.2) is 59.9 Å². The molecule has 0 aliphatic carbocycles. The maximum atomic E-state index is 5.90. The van der Waals surface area contributed by atoms with Crippen LogP contribution in [0.15, 0.2) is 12.3 Å². The fourth-order valence-corrected chi connectivity index (χ4v) is 2.87. The van der Waals surface area contributed by atoms with Gasteiger partial charge in [-0.15, -0.1) is 0 Å². The SMILES string of the molecule is CCOc1ccnc(NCC2CN3CCCC3CO2)n1. The van der Waals surface area contributed by atoms with Crippen LogP contribution < -0.4 is 10.1 Å². The van der Waals surface area contributed by atoms with Gasteiger partial charge in [0, 0.05) is 31.4 Å². The Bertz CT molecular complexity index is 443. The lowest BCUT2D eigenvalue weighted by molar-refractivity contribution is -0.0416. The number of ether oxygens (including phenoxy) is 2. The van der Waals surface area contributed by atoms with Gasteiger partial charge in [-0.3, -0.25) is 4.90 Å². The Labute approximate surface area is 119 Å². The number of hydrogen-bond acceptors (Lipinski definition) is 6. The average molecular weight is 278 g/mol. The lowest BCUT2D eigenvalue weighted by Crippen LogP contribution is -2.48. The highest BCUT2D eigenvalue weighted by Crippen LogP contribution is 2.22. The van der Waals surface area contributed by atoms with Crippen LogP contribution in [-0.2, 0) is 4.74 Å². The molecule has 0 amide bonds. The van der Waals surface area contributed by atoms with E-state index in [1.165, 1.54) is 19.4 Å². The van der Waals surface area contributed by atoms with Gasteiger partial charge in [0.15, 0.2) is 0 Å². The van der Waals surface area contributed by atoms with Gasteiger partial charge in [0.05, 0.1) is 19.3 Å². The molecule has 2 aliphatic rings. The fourth-order valence-electron chi connectivity index (χ4n) is 2.87. The minimum atomic E-state index is 0.212. The van der Waals surface area contributed by atoms with Gasteiger partial charge in [-0.1, -0.05) is 0 Å². The van der Waals surface area contributed by atoms with E-state index in [-0.39, 0.29) is 6.10 Å². The van der Waals surface area contributed by atoms with E-state index in [1.54, 1.807) is 12.3 Å². The molecule has 1 N–H and O–H groups in total. The van der Waals surface area contributed by atoms with Crippen molar-refractivity contribution in [1.29, 1.82) is 0 Å². The topological polar surface area (TPSA) is 59.5 Å². The highest BCUT2D eigenvalue weighted by Gasteiger charge is 2.31. The zero-order chi connectivity index (χ0) is 13.8. The first kappa shape index (κ1) is 13.6. The third-order valence-electron chi connectivity index (χ3n) is 3.87. The van der Waals surface area contributed by atoms with Gasteiger partial charge in [0.25, 0.3) is 0 Å². The molecule has 1 aromatic heterocycles. The lowest BCUT2D eigenvalue weighted by Gasteiger charge is -2.35. The normalized spacial score (nSPS) is 26.2. The molecule has 2 unspecified atom stereocenters. The maximum absolute atomic E-state index is 5.90. The van der Waals surface area contributed by atoms with Crippen molar-refractivity contribution >= 4 is 5.95 Å². The van der Waals surface area contributed by atoms with E-state index in [1.807, 2.05) is 6.92 Å². The summed E-state index contributed by atoms with van der Waals surface area (Å²) in [7, 11) is 0. The third kappa shape index (κ3) is 3.19. The third-order valence-corrected chi connectivity index (χ3v) is 3.87. The maximum Gasteiger partial charge on any atom is 0.226 e. The molecule has 0 aromatic carbocycles. The molecule has 110 valence electrons. The molecule has 3 heterocycles. The number of hydrogen-bond donors (Lipinski definition) is 1. The molecule has 0 radical (unpaired) electrons. The summed E-state index contributed by atoms with van der Waals surface area (Å²) in [5, 5.41) is 3.24. The number of morpholine rings is 1. The van der Waals surface area contributed by atoms with E-state index in [9.17, 15) is 0 Å². The average Bonchev–Trinajstić information content (AvgIpc) is 2.93. The van der Waals surface area contributed by atoms with Crippen molar-refractivity contribution in [3.05, 3.63) is 12.3 Å². The second kappa shape index (κ2) is 6.37. The number of aromatic nitrogens is 2. The van der Waals surface area contributed by atoms with Gasteiger partial charge in [0.1, 0.15) is 0 Å². The lowest BCUT2D eigenvalue weighted by atomic mass is 10.2. The van der Waals surface area contributed by atoms with E-state index < -0.39 is 0 Å². The molecule has 2 atom stereocenters. The monoisotopic (exact) mass is 278 g/mol. The molecular formula is C14H22N4O2. The number of fused-ring (bicyclic) bond motifs is 1. The quantitative estimate of drug-likeness (QED) is 0.872. The van der Waals surface area contributed by atoms with Gasteiger partial charge in [-0.05, 0) is 26.3 Å². The summed E-state index contributed by atoms with van der Waals surface area (Å²) in [6.45, 7) is 6.35. The van der Waals surface area contributed by atoms with E-state index in [0.29, 0.717) is 24.5 Å². The van der Waals surface area contributed by atoms with Crippen molar-refractivity contribution < 1.29 is 9.47 Å². The Hall–Kier alpha value is -1.40. The Balaban J connectivity index is 1.50. The predicted molar refractivity (Wildman–Crippen MR) is 76.0 cm³/mol. The van der Waals surface area contributed by atoms with Crippen molar-refractivity contribution in [2.75, 3.05) is 38.2 Å². The molecule has 0 spiro atoms. The highest BCUT2D eigenvalue weighted by molar-refractivity contribution is 5.27. The Morgan fingerprint density at radius 2 is 2.50 bits per heavy atom. The first-order valence-corrected chi connectivity index (χ1v) is 7.40. The van der Waals surface area contributed by atoms with Crippen LogP contribution in [0.2, 0.25) is 0 Å². The predicted octanol–water partition coefficient (Wildman–Crippen LogP) is 1.15. The molecule has 2 saturated heterocycles. The Kier molecular flexibility index (Phi) is 4.32. The molecular weight excluding hydrogens is 256 g/mol. The zero-order valence-electron chi connectivity index (χ0n) is 11.9. The summed E-state index contributed by atoms with van der Waals surface area (Å²) in [4.78, 5) is 11.0. The molecule has 6 nitrogen and oxygen atoms in total. The summed E-state index contributed by atoms with van der Waals surface area (Å²) >= 11 is 0. The standard InChI is InChI=1S/C14H22N4O2/c1-2-19-13-5-6-15-14(17-13)16-8-12-9-18-7-3-4-11(18)10-20-12/h5-6,11-12H,2-4,7-10H2,1H3,(H,15,16,17). The van der Waals surface area contributed by atoms with Crippen molar-refractivity contribution in [2.24, 2.45) is 0 Å². The molecule has 1 aromatic rings. The number of anilines is 1. The minimum absolute atomic E-state index is 0.212. The summed E-state index contributed by atoms with van der Waals surface area (Å²) in [5.41, 5.74) is 0. The van der Waals surface area contributed by atoms with E-state index >= 15 is 0 Å². The number of rotatable bonds is 5. The smallest absolute Gasteiger partial charge is 0.226 e. The second-order valence-corrected chi connectivity index (χ2v) is 5.28. The van der Waals surface area contributed by atoms with Crippen LogP contribution in [0.25, 0.3) is 0 Å². The molecule has 3 rings (SSSR count). The van der Waals surface area contributed by atoms with Gasteiger partial charge < -0.3 is 14.8 Å². The summed E-state index contributed by atoms with van der Waals surface area (Å²) in [5.74, 6) is 1.21. The molecule has 2 aliphatic heterocycles. The minimum Gasteiger partial charge on any atom is -0.478 e. The zero-order valence-corrected chi connectivity index (χ0v) is 11.9. The largest absolute Gasteiger partial charge is 0.478 e. The van der Waals surface area contributed by atoms with Crippen molar-refractivity contribution in [2.45, 2.75) is 31.9 Å². The second-order valence-electron chi connectivity index (χ2n) is 5.28. The van der Waals surface area contributed by atoms with Gasteiger partial charge >= 0.3 is 0 Å². The van der Waals surface area contributed by atoms with Gasteiger partial charge in [-0.2, -0.15) is 4.98 Å². The summed E-state index contributed by atoms with van der Waals surface area (Å²) in [6.07, 6.45) is 4.50.